The van der Waals surface area contributed by atoms with Gasteiger partial charge in [-0.1, -0.05) is 44.4 Å². The van der Waals surface area contributed by atoms with Crippen molar-refractivity contribution >= 4 is 19.0 Å². The zero-order valence-electron chi connectivity index (χ0n) is 6.95. The standard InChI is InChI=1S/C7H20Si2/c1-3-4-5-9-7-6-8-2/h3-9H2,1-2H3. The fraction of sp³-hybridized carbons (Fsp3) is 1.00. The Hall–Kier alpha value is 0.434. The van der Waals surface area contributed by atoms with Gasteiger partial charge >= 0.3 is 0 Å². The average Bonchev–Trinajstić information content (AvgIpc) is 1.89. The summed E-state index contributed by atoms with van der Waals surface area (Å²) in [6.07, 6.45) is 2.92. The molecule has 0 amide bonds. The van der Waals surface area contributed by atoms with E-state index >= 15 is 0 Å². The van der Waals surface area contributed by atoms with Gasteiger partial charge in [0.15, 0.2) is 0 Å². The summed E-state index contributed by atoms with van der Waals surface area (Å²) in [4.78, 5) is 0. The molecule has 0 aliphatic heterocycles. The van der Waals surface area contributed by atoms with Crippen LogP contribution < -0.4 is 0 Å². The van der Waals surface area contributed by atoms with Gasteiger partial charge in [0.25, 0.3) is 0 Å². The largest absolute Gasteiger partial charge is 0.0748 e. The quantitative estimate of drug-likeness (QED) is 0.407. The van der Waals surface area contributed by atoms with Crippen LogP contribution in [0.3, 0.4) is 0 Å². The molecule has 2 heteroatoms. The lowest BCUT2D eigenvalue weighted by atomic mass is 10.4. The molecule has 0 atom stereocenters. The molecule has 0 saturated carbocycles. The Kier molecular flexibility index (Phi) is 8.84. The molecule has 0 N–H and O–H groups in total. The summed E-state index contributed by atoms with van der Waals surface area (Å²) in [5.74, 6) is 0. The van der Waals surface area contributed by atoms with Crippen molar-refractivity contribution in [3.8, 4) is 0 Å². The zero-order valence-corrected chi connectivity index (χ0v) is 9.78. The molecular formula is C7H20Si2. The van der Waals surface area contributed by atoms with Crippen LogP contribution in [0.25, 0.3) is 0 Å². The lowest BCUT2D eigenvalue weighted by molar-refractivity contribution is 0.877. The van der Waals surface area contributed by atoms with Crippen LogP contribution in [0.1, 0.15) is 19.8 Å². The van der Waals surface area contributed by atoms with E-state index in [2.05, 4.69) is 13.5 Å². The van der Waals surface area contributed by atoms with Gasteiger partial charge in [-0.2, -0.15) is 0 Å². The first kappa shape index (κ1) is 9.43. The van der Waals surface area contributed by atoms with Crippen molar-refractivity contribution < 1.29 is 0 Å². The molecule has 0 heterocycles. The van der Waals surface area contributed by atoms with Crippen LogP contribution in [0, 0.1) is 0 Å². The van der Waals surface area contributed by atoms with Gasteiger partial charge in [-0.25, -0.2) is 0 Å². The third-order valence-corrected chi connectivity index (χ3v) is 5.91. The highest BCUT2D eigenvalue weighted by atomic mass is 28.2. The van der Waals surface area contributed by atoms with E-state index in [-0.39, 0.29) is 0 Å². The fourth-order valence-electron chi connectivity index (χ4n) is 1.03. The summed E-state index contributed by atoms with van der Waals surface area (Å²) in [6, 6.07) is 4.91. The van der Waals surface area contributed by atoms with Gasteiger partial charge in [0, 0.05) is 19.0 Å². The topological polar surface area (TPSA) is 0 Å². The molecule has 0 aliphatic rings. The third kappa shape index (κ3) is 8.43. The van der Waals surface area contributed by atoms with Crippen LogP contribution in [-0.2, 0) is 0 Å². The van der Waals surface area contributed by atoms with Gasteiger partial charge in [0.05, 0.1) is 0 Å². The Labute approximate surface area is 64.1 Å². The van der Waals surface area contributed by atoms with Gasteiger partial charge in [-0.15, -0.1) is 0 Å². The number of hydrogen-bond acceptors (Lipinski definition) is 0. The normalized spacial score (nSPS) is 12.7. The highest BCUT2D eigenvalue weighted by Gasteiger charge is 1.87. The predicted octanol–water partition coefficient (Wildman–Crippen LogP) is 1.43. The zero-order chi connectivity index (χ0) is 6.95. The predicted molar refractivity (Wildman–Crippen MR) is 52.3 cm³/mol. The summed E-state index contributed by atoms with van der Waals surface area (Å²) >= 11 is 0. The maximum Gasteiger partial charge on any atom is 0.0194 e. The lowest BCUT2D eigenvalue weighted by Crippen LogP contribution is -1.90. The molecule has 0 spiro atoms. The summed E-state index contributed by atoms with van der Waals surface area (Å²) in [7, 11) is 0.838. The van der Waals surface area contributed by atoms with Crippen LogP contribution in [0.15, 0.2) is 0 Å². The molecule has 0 fully saturated rings. The van der Waals surface area contributed by atoms with E-state index in [9.17, 15) is 0 Å². The maximum absolute atomic E-state index is 2.42. The molecule has 0 radical (unpaired) electrons. The molecule has 56 valence electrons. The molecule has 0 saturated heterocycles. The van der Waals surface area contributed by atoms with E-state index in [4.69, 9.17) is 0 Å². The second-order valence-corrected chi connectivity index (χ2v) is 6.60. The second-order valence-electron chi connectivity index (χ2n) is 2.77. The summed E-state index contributed by atoms with van der Waals surface area (Å²) in [5, 5.41) is 0. The molecule has 0 aliphatic carbocycles. The van der Waals surface area contributed by atoms with Crippen molar-refractivity contribution in [3.05, 3.63) is 0 Å². The van der Waals surface area contributed by atoms with Crippen molar-refractivity contribution in [2.24, 2.45) is 0 Å². The van der Waals surface area contributed by atoms with Crippen LogP contribution in [-0.4, -0.2) is 19.0 Å². The molecular weight excluding hydrogens is 140 g/mol. The number of unbranched alkanes of at least 4 members (excludes halogenated alkanes) is 1. The Morgan fingerprint density at radius 1 is 1.11 bits per heavy atom. The van der Waals surface area contributed by atoms with E-state index in [0.717, 1.165) is 0 Å². The molecule has 0 aromatic rings. The monoisotopic (exact) mass is 160 g/mol. The highest BCUT2D eigenvalue weighted by molar-refractivity contribution is 6.41. The first-order valence-corrected chi connectivity index (χ1v) is 8.83. The molecule has 0 aromatic heterocycles. The maximum atomic E-state index is 2.42. The minimum absolute atomic E-state index is 0.414. The lowest BCUT2D eigenvalue weighted by Gasteiger charge is -1.94. The molecule has 9 heavy (non-hydrogen) atoms. The summed E-state index contributed by atoms with van der Waals surface area (Å²) in [6.45, 7) is 4.72. The average molecular weight is 160 g/mol. The molecule has 0 aromatic carbocycles. The molecule has 0 bridgehead atoms. The van der Waals surface area contributed by atoms with Crippen molar-refractivity contribution in [1.82, 2.24) is 0 Å². The van der Waals surface area contributed by atoms with Crippen LogP contribution in [0.4, 0.5) is 0 Å². The smallest absolute Gasteiger partial charge is 0.0194 e. The van der Waals surface area contributed by atoms with Gasteiger partial charge in [-0.3, -0.25) is 0 Å². The van der Waals surface area contributed by atoms with Gasteiger partial charge in [0.2, 0.25) is 0 Å². The molecule has 0 rings (SSSR count). The van der Waals surface area contributed by atoms with Gasteiger partial charge in [-0.05, 0) is 0 Å². The van der Waals surface area contributed by atoms with Crippen molar-refractivity contribution in [2.45, 2.75) is 44.4 Å². The Bertz CT molecular complexity index is 40.2. The first-order chi connectivity index (χ1) is 4.41. The Balaban J connectivity index is 2.60. The van der Waals surface area contributed by atoms with Crippen LogP contribution in [0.2, 0.25) is 24.7 Å². The molecule has 0 nitrogen and oxygen atoms in total. The van der Waals surface area contributed by atoms with Gasteiger partial charge < -0.3 is 0 Å². The Morgan fingerprint density at radius 3 is 2.44 bits per heavy atom. The van der Waals surface area contributed by atoms with E-state index in [1.807, 2.05) is 0 Å². The van der Waals surface area contributed by atoms with E-state index in [1.54, 1.807) is 18.1 Å². The molecule has 0 unspecified atom stereocenters. The summed E-state index contributed by atoms with van der Waals surface area (Å²) in [5.41, 5.74) is 0. The third-order valence-electron chi connectivity index (χ3n) is 1.71. The van der Waals surface area contributed by atoms with E-state index < -0.39 is 0 Å². The van der Waals surface area contributed by atoms with Crippen LogP contribution in [0.5, 0.6) is 0 Å². The first-order valence-electron chi connectivity index (χ1n) is 4.41. The fourth-order valence-corrected chi connectivity index (χ4v) is 5.65. The minimum Gasteiger partial charge on any atom is -0.0748 e. The SMILES string of the molecule is CCCC[SiH2]CC[SiH2]C. The van der Waals surface area contributed by atoms with E-state index in [0.29, 0.717) is 19.0 Å². The number of hydrogen-bond donors (Lipinski definition) is 0. The van der Waals surface area contributed by atoms with E-state index in [1.165, 1.54) is 12.8 Å². The van der Waals surface area contributed by atoms with Crippen molar-refractivity contribution in [2.75, 3.05) is 0 Å². The Morgan fingerprint density at radius 2 is 1.89 bits per heavy atom. The summed E-state index contributed by atoms with van der Waals surface area (Å²) < 4.78 is 0. The number of rotatable bonds is 6. The highest BCUT2D eigenvalue weighted by Crippen LogP contribution is 1.97. The van der Waals surface area contributed by atoms with Crippen molar-refractivity contribution in [1.29, 1.82) is 0 Å². The minimum atomic E-state index is 0.414. The second kappa shape index (κ2) is 8.43. The van der Waals surface area contributed by atoms with Crippen molar-refractivity contribution in [3.63, 3.8) is 0 Å². The van der Waals surface area contributed by atoms with Crippen LogP contribution >= 0.6 is 0 Å². The van der Waals surface area contributed by atoms with Gasteiger partial charge in [0.1, 0.15) is 0 Å².